The number of aromatic nitrogens is 3. The molecule has 0 aliphatic carbocycles. The number of hydrogen-bond donors (Lipinski definition) is 1. The highest BCUT2D eigenvalue weighted by Gasteiger charge is 2.15. The molecule has 5 nitrogen and oxygen atoms in total. The van der Waals surface area contributed by atoms with Gasteiger partial charge in [0.05, 0.1) is 6.61 Å². The van der Waals surface area contributed by atoms with Gasteiger partial charge in [0, 0.05) is 6.07 Å². The van der Waals surface area contributed by atoms with E-state index in [-0.39, 0.29) is 0 Å². The van der Waals surface area contributed by atoms with Crippen molar-refractivity contribution in [3.05, 3.63) is 41.5 Å². The minimum atomic E-state index is 0.307. The summed E-state index contributed by atoms with van der Waals surface area (Å²) in [5.74, 6) is 1.11. The predicted molar refractivity (Wildman–Crippen MR) is 132 cm³/mol. The number of aromatic hydroxyl groups is 1. The van der Waals surface area contributed by atoms with Crippen LogP contribution in [0.15, 0.2) is 30.3 Å². The standard InChI is InChI=1S/C27H39N3O2/c1-4-7-9-11-13-21-18-22(14-12-10-8-5-2)27(31)26(19-21)30-28-24-16-15-23(32-17-6-3)20-25(24)29-30/h15-16,18-20,31H,4-14,17H2,1-3H3. The highest BCUT2D eigenvalue weighted by molar-refractivity contribution is 5.76. The first-order valence-electron chi connectivity index (χ1n) is 12.5. The van der Waals surface area contributed by atoms with Gasteiger partial charge in [0.25, 0.3) is 0 Å². The fourth-order valence-corrected chi connectivity index (χ4v) is 4.04. The van der Waals surface area contributed by atoms with E-state index in [9.17, 15) is 5.11 Å². The van der Waals surface area contributed by atoms with Crippen LogP contribution >= 0.6 is 0 Å². The molecular weight excluding hydrogens is 398 g/mol. The first-order valence-corrected chi connectivity index (χ1v) is 12.5. The van der Waals surface area contributed by atoms with Crippen molar-refractivity contribution in [2.75, 3.05) is 6.61 Å². The monoisotopic (exact) mass is 437 g/mol. The summed E-state index contributed by atoms with van der Waals surface area (Å²) in [5, 5.41) is 20.4. The second-order valence-electron chi connectivity index (χ2n) is 8.73. The molecule has 174 valence electrons. The Kier molecular flexibility index (Phi) is 9.39. The van der Waals surface area contributed by atoms with Crippen molar-refractivity contribution in [1.82, 2.24) is 15.0 Å². The maximum Gasteiger partial charge on any atom is 0.146 e. The Morgan fingerprint density at radius 1 is 0.781 bits per heavy atom. The molecule has 0 saturated heterocycles. The summed E-state index contributed by atoms with van der Waals surface area (Å²) in [6.07, 6.45) is 12.5. The SMILES string of the molecule is CCCCCCc1cc(CCCCCC)c(O)c(-n2nc3ccc(OCCC)cc3n2)c1. The van der Waals surface area contributed by atoms with Crippen LogP contribution in [-0.4, -0.2) is 26.7 Å². The van der Waals surface area contributed by atoms with Gasteiger partial charge in [-0.3, -0.25) is 0 Å². The second kappa shape index (κ2) is 12.5. The van der Waals surface area contributed by atoms with Crippen molar-refractivity contribution >= 4 is 11.0 Å². The van der Waals surface area contributed by atoms with Crippen LogP contribution in [0, 0.1) is 0 Å². The number of fused-ring (bicyclic) bond motifs is 1. The molecule has 0 aliphatic heterocycles. The van der Waals surface area contributed by atoms with Gasteiger partial charge in [0.1, 0.15) is 28.2 Å². The fraction of sp³-hybridized carbons (Fsp3) is 0.556. The van der Waals surface area contributed by atoms with Crippen molar-refractivity contribution in [2.45, 2.75) is 91.4 Å². The number of phenols is 1. The van der Waals surface area contributed by atoms with Crippen LogP contribution in [0.2, 0.25) is 0 Å². The van der Waals surface area contributed by atoms with E-state index in [1.165, 1.54) is 50.5 Å². The minimum Gasteiger partial charge on any atom is -0.505 e. The molecule has 0 atom stereocenters. The van der Waals surface area contributed by atoms with Gasteiger partial charge in [-0.2, -0.15) is 0 Å². The molecule has 1 aromatic heterocycles. The zero-order valence-corrected chi connectivity index (χ0v) is 20.1. The number of nitrogens with zero attached hydrogens (tertiary/aromatic N) is 3. The summed E-state index contributed by atoms with van der Waals surface area (Å²) in [5.41, 5.74) is 4.52. The van der Waals surface area contributed by atoms with Gasteiger partial charge in [-0.25, -0.2) is 0 Å². The van der Waals surface area contributed by atoms with E-state index in [0.29, 0.717) is 18.0 Å². The lowest BCUT2D eigenvalue weighted by Crippen LogP contribution is -2.03. The third-order valence-electron chi connectivity index (χ3n) is 5.89. The van der Waals surface area contributed by atoms with E-state index < -0.39 is 0 Å². The lowest BCUT2D eigenvalue weighted by atomic mass is 9.98. The highest BCUT2D eigenvalue weighted by Crippen LogP contribution is 2.31. The molecule has 3 rings (SSSR count). The van der Waals surface area contributed by atoms with E-state index in [1.807, 2.05) is 18.2 Å². The number of ether oxygens (including phenoxy) is 1. The number of aryl methyl sites for hydroxylation is 2. The number of phenolic OH excluding ortho intramolecular Hbond substituents is 1. The molecule has 0 aliphatic rings. The zero-order valence-electron chi connectivity index (χ0n) is 20.1. The Balaban J connectivity index is 1.89. The quantitative estimate of drug-likeness (QED) is 0.272. The van der Waals surface area contributed by atoms with E-state index in [1.54, 1.807) is 4.80 Å². The third kappa shape index (κ3) is 6.47. The maximum atomic E-state index is 11.1. The average molecular weight is 438 g/mol. The van der Waals surface area contributed by atoms with Gasteiger partial charge in [-0.1, -0.05) is 65.4 Å². The van der Waals surface area contributed by atoms with E-state index in [0.717, 1.165) is 48.0 Å². The van der Waals surface area contributed by atoms with Crippen LogP contribution in [0.3, 0.4) is 0 Å². The van der Waals surface area contributed by atoms with Crippen LogP contribution in [0.25, 0.3) is 16.7 Å². The van der Waals surface area contributed by atoms with Crippen molar-refractivity contribution in [2.24, 2.45) is 0 Å². The Bertz CT molecular complexity index is 980. The minimum absolute atomic E-state index is 0.307. The molecule has 1 N–H and O–H groups in total. The molecule has 0 spiro atoms. The summed E-state index contributed by atoms with van der Waals surface area (Å²) in [6, 6.07) is 10.0. The molecule has 0 fully saturated rings. The van der Waals surface area contributed by atoms with E-state index in [2.05, 4.69) is 43.1 Å². The number of benzene rings is 2. The highest BCUT2D eigenvalue weighted by atomic mass is 16.5. The summed E-state index contributed by atoms with van der Waals surface area (Å²) >= 11 is 0. The van der Waals surface area contributed by atoms with Gasteiger partial charge in [0.2, 0.25) is 0 Å². The van der Waals surface area contributed by atoms with Crippen molar-refractivity contribution < 1.29 is 9.84 Å². The normalized spacial score (nSPS) is 11.3. The van der Waals surface area contributed by atoms with Crippen LogP contribution in [0.1, 0.15) is 89.7 Å². The summed E-state index contributed by atoms with van der Waals surface area (Å²) in [7, 11) is 0. The first kappa shape index (κ1) is 24.1. The molecule has 0 saturated carbocycles. The number of hydrogen-bond acceptors (Lipinski definition) is 4. The van der Waals surface area contributed by atoms with Gasteiger partial charge in [0.15, 0.2) is 0 Å². The average Bonchev–Trinajstić information content (AvgIpc) is 3.23. The van der Waals surface area contributed by atoms with E-state index >= 15 is 0 Å². The number of unbranched alkanes of at least 4 members (excludes halogenated alkanes) is 6. The Morgan fingerprint density at radius 3 is 2.22 bits per heavy atom. The van der Waals surface area contributed by atoms with Crippen LogP contribution in [-0.2, 0) is 12.8 Å². The molecule has 0 unspecified atom stereocenters. The first-order chi connectivity index (χ1) is 15.7. The lowest BCUT2D eigenvalue weighted by Gasteiger charge is -2.13. The smallest absolute Gasteiger partial charge is 0.146 e. The zero-order chi connectivity index (χ0) is 22.8. The van der Waals surface area contributed by atoms with Gasteiger partial charge < -0.3 is 9.84 Å². The molecule has 0 radical (unpaired) electrons. The maximum absolute atomic E-state index is 11.1. The van der Waals surface area contributed by atoms with Crippen LogP contribution in [0.5, 0.6) is 11.5 Å². The lowest BCUT2D eigenvalue weighted by molar-refractivity contribution is 0.318. The summed E-state index contributed by atoms with van der Waals surface area (Å²) in [6.45, 7) is 7.23. The van der Waals surface area contributed by atoms with Crippen molar-refractivity contribution in [3.63, 3.8) is 0 Å². The Hall–Kier alpha value is -2.56. The topological polar surface area (TPSA) is 60.2 Å². The molecule has 3 aromatic rings. The molecule has 1 heterocycles. The molecule has 2 aromatic carbocycles. The van der Waals surface area contributed by atoms with Crippen LogP contribution < -0.4 is 4.74 Å². The van der Waals surface area contributed by atoms with Crippen molar-refractivity contribution in [1.29, 1.82) is 0 Å². The summed E-state index contributed by atoms with van der Waals surface area (Å²) < 4.78 is 5.74. The Labute approximate surface area is 192 Å². The van der Waals surface area contributed by atoms with Gasteiger partial charge in [-0.05, 0) is 61.4 Å². The van der Waals surface area contributed by atoms with E-state index in [4.69, 9.17) is 4.74 Å². The van der Waals surface area contributed by atoms with Gasteiger partial charge >= 0.3 is 0 Å². The van der Waals surface area contributed by atoms with Crippen molar-refractivity contribution in [3.8, 4) is 17.2 Å². The Morgan fingerprint density at radius 2 is 1.50 bits per heavy atom. The second-order valence-corrected chi connectivity index (χ2v) is 8.73. The predicted octanol–water partition coefficient (Wildman–Crippen LogP) is 7.16. The van der Waals surface area contributed by atoms with Gasteiger partial charge in [-0.15, -0.1) is 15.0 Å². The molecule has 5 heteroatoms. The number of rotatable bonds is 14. The van der Waals surface area contributed by atoms with Crippen LogP contribution in [0.4, 0.5) is 0 Å². The third-order valence-corrected chi connectivity index (χ3v) is 5.89. The fourth-order valence-electron chi connectivity index (χ4n) is 4.04. The largest absolute Gasteiger partial charge is 0.505 e. The molecule has 0 bridgehead atoms. The molecule has 0 amide bonds. The molecular formula is C27H39N3O2. The summed E-state index contributed by atoms with van der Waals surface area (Å²) in [4.78, 5) is 1.59. The molecule has 32 heavy (non-hydrogen) atoms.